The third-order valence-corrected chi connectivity index (χ3v) is 21.5. The fourth-order valence-electron chi connectivity index (χ4n) is 8.86. The van der Waals surface area contributed by atoms with E-state index in [-0.39, 0.29) is 46.9 Å². The van der Waals surface area contributed by atoms with Gasteiger partial charge in [-0.3, -0.25) is 4.79 Å². The monoisotopic (exact) mass is 734 g/mol. The summed E-state index contributed by atoms with van der Waals surface area (Å²) in [4.78, 5) is 25.2. The largest absolute Gasteiger partial charge is 0.413 e. The topological polar surface area (TPSA) is 71.1 Å². The maximum Gasteiger partial charge on any atom is 0.261 e. The van der Waals surface area contributed by atoms with Crippen LogP contribution in [0, 0.1) is 17.8 Å². The van der Waals surface area contributed by atoms with E-state index >= 15 is 0 Å². The van der Waals surface area contributed by atoms with Crippen molar-refractivity contribution in [2.75, 3.05) is 6.61 Å². The van der Waals surface area contributed by atoms with Gasteiger partial charge < -0.3 is 23.1 Å². The number of ether oxygens (including phenoxy) is 2. The molecule has 6 atom stereocenters. The van der Waals surface area contributed by atoms with Crippen molar-refractivity contribution in [2.45, 2.75) is 148 Å². The summed E-state index contributed by atoms with van der Waals surface area (Å²) in [6, 6.07) is 24.6. The number of carbonyl (C=O) groups is 2. The second-order valence-corrected chi connectivity index (χ2v) is 25.5. The number of rotatable bonds is 18. The molecule has 2 unspecified atom stereocenters. The molecule has 1 heterocycles. The molecular weight excluding hydrogens is 669 g/mol. The van der Waals surface area contributed by atoms with Crippen molar-refractivity contribution in [1.82, 2.24) is 0 Å². The number of benzene rings is 2. The summed E-state index contributed by atoms with van der Waals surface area (Å²) in [5.74, 6) is -0.457. The fourth-order valence-corrected chi connectivity index (χ4v) is 16.3. The summed E-state index contributed by atoms with van der Waals surface area (Å²) >= 11 is 0. The summed E-state index contributed by atoms with van der Waals surface area (Å²) in [5, 5.41) is 2.47. The van der Waals surface area contributed by atoms with Gasteiger partial charge in [0.15, 0.2) is 19.9 Å². The van der Waals surface area contributed by atoms with Crippen molar-refractivity contribution in [2.24, 2.45) is 17.8 Å². The summed E-state index contributed by atoms with van der Waals surface area (Å²) in [5.41, 5.74) is 0. The highest BCUT2D eigenvalue weighted by molar-refractivity contribution is 6.99. The molecule has 0 saturated carbocycles. The molecule has 1 saturated heterocycles. The highest BCUT2D eigenvalue weighted by Gasteiger charge is 2.50. The first kappa shape index (κ1) is 41.5. The van der Waals surface area contributed by atoms with Crippen LogP contribution in [0.25, 0.3) is 0 Å². The van der Waals surface area contributed by atoms with Crippen LogP contribution < -0.4 is 10.4 Å². The number of carbonyl (C=O) groups excluding carboxylic acids is 2. The number of hydrogen-bond donors (Lipinski definition) is 0. The highest BCUT2D eigenvalue weighted by Crippen LogP contribution is 2.41. The lowest BCUT2D eigenvalue weighted by molar-refractivity contribution is -0.302. The molecule has 0 aromatic heterocycles. The van der Waals surface area contributed by atoms with Crippen molar-refractivity contribution in [3.63, 3.8) is 0 Å². The molecular formula is C43H66O6Si2. The standard InChI is InChI=1S/C43H66O6Si2/c1-10-50(11-2,12-3)49-40(24-19-30-44)41-38(33(4)25-28-39(41)45)27-26-34-32-35(48-43(8,9)47-34)29-31-46-51(42(5,6)7,36-20-15-13-16-21-36)37-22-17-14-18-23-37/h13-18,20-23,25,28,30,33-35,38,40-41H,10-12,19,24,26-27,29,31-32H2,1-9H3/t33-,34+,35?,38-,40?,41+/m0/s1. The minimum absolute atomic E-state index is 0.00482. The number of allylic oxidation sites excluding steroid dienone is 2. The van der Waals surface area contributed by atoms with Crippen LogP contribution in [0.2, 0.25) is 23.2 Å². The third kappa shape index (κ3) is 10.1. The van der Waals surface area contributed by atoms with Gasteiger partial charge in [0, 0.05) is 19.4 Å². The van der Waals surface area contributed by atoms with Gasteiger partial charge in [-0.15, -0.1) is 0 Å². The molecule has 2 aliphatic rings. The summed E-state index contributed by atoms with van der Waals surface area (Å²) in [7, 11) is -4.65. The lowest BCUT2D eigenvalue weighted by Crippen LogP contribution is -2.66. The van der Waals surface area contributed by atoms with Crippen LogP contribution in [0.15, 0.2) is 72.8 Å². The average Bonchev–Trinajstić information content (AvgIpc) is 3.10. The quantitative estimate of drug-likeness (QED) is 0.113. The second-order valence-electron chi connectivity index (χ2n) is 16.4. The minimum Gasteiger partial charge on any atom is -0.413 e. The Hall–Kier alpha value is -2.21. The van der Waals surface area contributed by atoms with Crippen LogP contribution in [0.4, 0.5) is 0 Å². The zero-order valence-electron chi connectivity index (χ0n) is 33.0. The Labute approximate surface area is 311 Å². The molecule has 6 nitrogen and oxygen atoms in total. The second kappa shape index (κ2) is 18.2. The molecule has 0 amide bonds. The molecule has 8 heteroatoms. The Morgan fingerprint density at radius 2 is 1.43 bits per heavy atom. The van der Waals surface area contributed by atoms with Crippen LogP contribution in [-0.2, 0) is 27.9 Å². The molecule has 1 aliphatic heterocycles. The first-order valence-electron chi connectivity index (χ1n) is 19.7. The van der Waals surface area contributed by atoms with Crippen molar-refractivity contribution in [3.05, 3.63) is 72.8 Å². The summed E-state index contributed by atoms with van der Waals surface area (Å²) in [6.07, 6.45) is 8.84. The van der Waals surface area contributed by atoms with E-state index in [0.29, 0.717) is 19.4 Å². The third-order valence-electron chi connectivity index (χ3n) is 11.8. The van der Waals surface area contributed by atoms with Gasteiger partial charge in [0.2, 0.25) is 0 Å². The molecule has 2 aromatic carbocycles. The Morgan fingerprint density at radius 3 is 1.94 bits per heavy atom. The first-order valence-corrected chi connectivity index (χ1v) is 24.1. The molecule has 2 aromatic rings. The molecule has 0 radical (unpaired) electrons. The minimum atomic E-state index is -2.65. The molecule has 51 heavy (non-hydrogen) atoms. The van der Waals surface area contributed by atoms with Gasteiger partial charge in [-0.05, 0) is 91.0 Å². The van der Waals surface area contributed by atoms with Crippen LogP contribution in [0.3, 0.4) is 0 Å². The smallest absolute Gasteiger partial charge is 0.261 e. The number of hydrogen-bond acceptors (Lipinski definition) is 6. The zero-order chi connectivity index (χ0) is 37.3. The molecule has 1 aliphatic carbocycles. The van der Waals surface area contributed by atoms with Gasteiger partial charge in [-0.1, -0.05) is 115 Å². The SMILES string of the molecule is CC[Si](CC)(CC)OC(CCC=O)[C@H]1C(=O)C=C[C@H](C)[C@@H]1CC[C@@H]1CC(CCO[Si](c2ccccc2)(c2ccccc2)C(C)(C)C)OC(C)(C)O1. The average molecular weight is 735 g/mol. The van der Waals surface area contributed by atoms with E-state index < -0.39 is 22.4 Å². The van der Waals surface area contributed by atoms with E-state index in [2.05, 4.69) is 115 Å². The molecule has 0 N–H and O–H groups in total. The Morgan fingerprint density at radius 1 is 0.882 bits per heavy atom. The predicted octanol–water partition coefficient (Wildman–Crippen LogP) is 9.02. The maximum absolute atomic E-state index is 13.7. The lowest BCUT2D eigenvalue weighted by atomic mass is 9.70. The van der Waals surface area contributed by atoms with E-state index in [4.69, 9.17) is 18.3 Å². The van der Waals surface area contributed by atoms with Gasteiger partial charge >= 0.3 is 0 Å². The Bertz CT molecular complexity index is 1350. The van der Waals surface area contributed by atoms with Crippen LogP contribution in [0.1, 0.15) is 101 Å². The molecule has 4 rings (SSSR count). The molecule has 282 valence electrons. The predicted molar refractivity (Wildman–Crippen MR) is 214 cm³/mol. The highest BCUT2D eigenvalue weighted by atomic mass is 28.4. The molecule has 0 bridgehead atoms. The van der Waals surface area contributed by atoms with Crippen molar-refractivity contribution in [3.8, 4) is 0 Å². The zero-order valence-corrected chi connectivity index (χ0v) is 35.0. The van der Waals surface area contributed by atoms with Crippen LogP contribution >= 0.6 is 0 Å². The van der Waals surface area contributed by atoms with Crippen molar-refractivity contribution >= 4 is 39.1 Å². The molecule has 1 fully saturated rings. The van der Waals surface area contributed by atoms with E-state index in [1.54, 1.807) is 6.08 Å². The maximum atomic E-state index is 13.7. The van der Waals surface area contributed by atoms with Crippen LogP contribution in [-0.4, -0.2) is 59.4 Å². The van der Waals surface area contributed by atoms with Crippen molar-refractivity contribution < 1.29 is 27.9 Å². The first-order chi connectivity index (χ1) is 24.2. The van der Waals surface area contributed by atoms with Crippen molar-refractivity contribution in [1.29, 1.82) is 0 Å². The number of ketones is 1. The van der Waals surface area contributed by atoms with E-state index in [9.17, 15) is 9.59 Å². The van der Waals surface area contributed by atoms with E-state index in [1.165, 1.54) is 10.4 Å². The normalized spacial score (nSPS) is 24.7. The summed E-state index contributed by atoms with van der Waals surface area (Å²) in [6.45, 7) is 20.4. The van der Waals surface area contributed by atoms with Gasteiger partial charge in [0.05, 0.1) is 24.2 Å². The van der Waals surface area contributed by atoms with Gasteiger partial charge in [0.25, 0.3) is 8.32 Å². The fraction of sp³-hybridized carbons (Fsp3) is 0.628. The lowest BCUT2D eigenvalue weighted by Gasteiger charge is -2.45. The van der Waals surface area contributed by atoms with Gasteiger partial charge in [-0.2, -0.15) is 0 Å². The number of aldehydes is 1. The van der Waals surface area contributed by atoms with E-state index in [0.717, 1.165) is 50.1 Å². The van der Waals surface area contributed by atoms with Crippen LogP contribution in [0.5, 0.6) is 0 Å². The Kier molecular flexibility index (Phi) is 14.8. The van der Waals surface area contributed by atoms with Gasteiger partial charge in [-0.25, -0.2) is 0 Å². The Balaban J connectivity index is 1.50. The van der Waals surface area contributed by atoms with Gasteiger partial charge in [0.1, 0.15) is 6.29 Å². The van der Waals surface area contributed by atoms with E-state index in [1.807, 2.05) is 13.8 Å². The molecule has 0 spiro atoms. The summed E-state index contributed by atoms with van der Waals surface area (Å²) < 4.78 is 27.4.